The first-order valence-electron chi connectivity index (χ1n) is 12.3. The molecule has 2 aliphatic rings. The molecule has 1 fully saturated rings. The molecule has 8 nitrogen and oxygen atoms in total. The lowest BCUT2D eigenvalue weighted by atomic mass is 9.95. The zero-order valence-corrected chi connectivity index (χ0v) is 20.2. The van der Waals surface area contributed by atoms with Gasteiger partial charge in [0.2, 0.25) is 0 Å². The van der Waals surface area contributed by atoms with E-state index >= 15 is 0 Å². The van der Waals surface area contributed by atoms with Crippen molar-refractivity contribution >= 4 is 17.8 Å². The first-order valence-corrected chi connectivity index (χ1v) is 12.3. The zero-order valence-electron chi connectivity index (χ0n) is 20.2. The molecule has 2 aliphatic heterocycles. The minimum atomic E-state index is -0.586. The van der Waals surface area contributed by atoms with Crippen LogP contribution in [0.1, 0.15) is 35.8 Å². The maximum atomic E-state index is 13.8. The van der Waals surface area contributed by atoms with E-state index in [1.54, 1.807) is 31.3 Å². The molecular formula is C27H29FN4O4. The van der Waals surface area contributed by atoms with Crippen LogP contribution in [0.15, 0.2) is 42.6 Å². The van der Waals surface area contributed by atoms with Gasteiger partial charge in [0.15, 0.2) is 0 Å². The lowest BCUT2D eigenvalue weighted by Crippen LogP contribution is -2.33. The van der Waals surface area contributed by atoms with Gasteiger partial charge in [0.05, 0.1) is 17.9 Å². The number of anilines is 1. The van der Waals surface area contributed by atoms with Gasteiger partial charge in [-0.05, 0) is 55.5 Å². The van der Waals surface area contributed by atoms with E-state index < -0.39 is 6.09 Å². The number of pyridine rings is 1. The first kappa shape index (κ1) is 24.0. The molecule has 36 heavy (non-hydrogen) atoms. The number of nitrogens with zero attached hydrogens (tertiary/aromatic N) is 2. The molecule has 9 heteroatoms. The van der Waals surface area contributed by atoms with E-state index in [4.69, 9.17) is 9.47 Å². The van der Waals surface area contributed by atoms with Crippen LogP contribution in [0, 0.1) is 11.7 Å². The van der Waals surface area contributed by atoms with Gasteiger partial charge >= 0.3 is 6.09 Å². The number of halogens is 1. The number of hydrogen-bond donors (Lipinski definition) is 2. The summed E-state index contributed by atoms with van der Waals surface area (Å²) >= 11 is 0. The van der Waals surface area contributed by atoms with Crippen LogP contribution in [0.5, 0.6) is 0 Å². The summed E-state index contributed by atoms with van der Waals surface area (Å²) in [5.74, 6) is 0.267. The molecule has 4 heterocycles. The monoisotopic (exact) mass is 492 g/mol. The van der Waals surface area contributed by atoms with E-state index in [9.17, 15) is 14.0 Å². The Kier molecular flexibility index (Phi) is 6.99. The summed E-state index contributed by atoms with van der Waals surface area (Å²) in [6, 6.07) is 9.86. The zero-order chi connectivity index (χ0) is 25.1. The number of amides is 2. The van der Waals surface area contributed by atoms with Gasteiger partial charge in [-0.15, -0.1) is 0 Å². The van der Waals surface area contributed by atoms with Gasteiger partial charge in [-0.2, -0.15) is 0 Å². The van der Waals surface area contributed by atoms with Crippen molar-refractivity contribution in [2.75, 3.05) is 31.7 Å². The third-order valence-electron chi connectivity index (χ3n) is 6.70. The van der Waals surface area contributed by atoms with Crippen LogP contribution in [0.2, 0.25) is 0 Å². The number of hydrogen-bond acceptors (Lipinski definition) is 5. The van der Waals surface area contributed by atoms with Crippen LogP contribution in [0.4, 0.5) is 15.0 Å². The Morgan fingerprint density at radius 1 is 1.19 bits per heavy atom. The van der Waals surface area contributed by atoms with Crippen LogP contribution in [-0.4, -0.2) is 47.9 Å². The third-order valence-corrected chi connectivity index (χ3v) is 6.70. The van der Waals surface area contributed by atoms with Crippen LogP contribution in [0.3, 0.4) is 0 Å². The quantitative estimate of drug-likeness (QED) is 0.523. The Morgan fingerprint density at radius 3 is 2.72 bits per heavy atom. The summed E-state index contributed by atoms with van der Waals surface area (Å²) in [4.78, 5) is 29.5. The second kappa shape index (κ2) is 10.5. The number of carbonyl (C=O) groups excluding carboxylic acids is 2. The molecule has 2 aromatic heterocycles. The van der Waals surface area contributed by atoms with Crippen LogP contribution in [-0.2, 0) is 22.4 Å². The molecule has 0 aliphatic carbocycles. The van der Waals surface area contributed by atoms with Crippen LogP contribution in [0.25, 0.3) is 22.4 Å². The van der Waals surface area contributed by atoms with Gasteiger partial charge in [0, 0.05) is 55.7 Å². The first-order chi connectivity index (χ1) is 17.5. The number of nitrogens with one attached hydrogen (secondary N) is 2. The lowest BCUT2D eigenvalue weighted by Gasteiger charge is -2.26. The highest BCUT2D eigenvalue weighted by Crippen LogP contribution is 2.42. The summed E-state index contributed by atoms with van der Waals surface area (Å²) in [7, 11) is 0. The number of ether oxygens (including phenoxy) is 2. The number of benzene rings is 1. The topological polar surface area (TPSA) is 94.5 Å². The highest BCUT2D eigenvalue weighted by Gasteiger charge is 2.32. The molecule has 0 radical (unpaired) electrons. The van der Waals surface area contributed by atoms with Gasteiger partial charge in [-0.25, -0.2) is 14.2 Å². The van der Waals surface area contributed by atoms with Gasteiger partial charge in [0.1, 0.15) is 11.6 Å². The number of rotatable bonds is 6. The average molecular weight is 493 g/mol. The van der Waals surface area contributed by atoms with Gasteiger partial charge in [0.25, 0.3) is 5.91 Å². The molecule has 0 saturated carbocycles. The molecule has 1 aromatic carbocycles. The third kappa shape index (κ3) is 4.83. The fourth-order valence-electron chi connectivity index (χ4n) is 5.06. The summed E-state index contributed by atoms with van der Waals surface area (Å²) < 4.78 is 26.7. The minimum absolute atomic E-state index is 0.138. The second-order valence-corrected chi connectivity index (χ2v) is 9.00. The molecule has 188 valence electrons. The molecule has 0 unspecified atom stereocenters. The van der Waals surface area contributed by atoms with E-state index in [1.807, 2.05) is 6.07 Å². The Hall–Kier alpha value is -3.72. The van der Waals surface area contributed by atoms with E-state index in [0.717, 1.165) is 60.7 Å². The maximum Gasteiger partial charge on any atom is 0.412 e. The average Bonchev–Trinajstić information content (AvgIpc) is 3.20. The maximum absolute atomic E-state index is 13.8. The molecule has 1 saturated heterocycles. The normalized spacial score (nSPS) is 15.8. The molecule has 0 bridgehead atoms. The molecule has 2 N–H and O–H groups in total. The smallest absolute Gasteiger partial charge is 0.412 e. The van der Waals surface area contributed by atoms with E-state index in [2.05, 4.69) is 20.2 Å². The van der Waals surface area contributed by atoms with Crippen molar-refractivity contribution in [3.63, 3.8) is 0 Å². The predicted octanol–water partition coefficient (Wildman–Crippen LogP) is 4.64. The minimum Gasteiger partial charge on any atom is -0.450 e. The summed E-state index contributed by atoms with van der Waals surface area (Å²) in [5.41, 5.74) is 4.74. The molecule has 0 atom stereocenters. The van der Waals surface area contributed by atoms with E-state index in [-0.39, 0.29) is 18.3 Å². The Morgan fingerprint density at radius 2 is 1.97 bits per heavy atom. The standard InChI is InChI=1S/C27H29FN4O4/c1-2-36-27(34)31-22-15-19(7-11-29-22)25-23(18-3-5-20(28)6-4-18)24-21(8-12-30-26(24)33)32(25)16-17-9-13-35-14-10-17/h3-7,11,15,17H,2,8-10,12-14,16H2,1H3,(H,30,33)(H,29,31,34). The van der Waals surface area contributed by atoms with Crippen LogP contribution >= 0.6 is 0 Å². The lowest BCUT2D eigenvalue weighted by molar-refractivity contribution is 0.0611. The van der Waals surface area contributed by atoms with Gasteiger partial charge in [-0.1, -0.05) is 12.1 Å². The van der Waals surface area contributed by atoms with Crippen molar-refractivity contribution in [2.45, 2.75) is 32.7 Å². The Labute approximate surface area is 208 Å². The van der Waals surface area contributed by atoms with Crippen molar-refractivity contribution in [1.82, 2.24) is 14.9 Å². The van der Waals surface area contributed by atoms with E-state index in [1.165, 1.54) is 12.1 Å². The molecule has 3 aromatic rings. The number of fused-ring (bicyclic) bond motifs is 1. The summed E-state index contributed by atoms with van der Waals surface area (Å²) in [6.45, 7) is 4.71. The van der Waals surface area contributed by atoms with E-state index in [0.29, 0.717) is 30.3 Å². The van der Waals surface area contributed by atoms with Crippen molar-refractivity contribution in [3.05, 3.63) is 59.7 Å². The second-order valence-electron chi connectivity index (χ2n) is 9.00. The predicted molar refractivity (Wildman–Crippen MR) is 133 cm³/mol. The highest BCUT2D eigenvalue weighted by molar-refractivity contribution is 6.07. The van der Waals surface area contributed by atoms with Gasteiger partial charge in [-0.3, -0.25) is 10.1 Å². The fourth-order valence-corrected chi connectivity index (χ4v) is 5.06. The van der Waals surface area contributed by atoms with Crippen molar-refractivity contribution in [1.29, 1.82) is 0 Å². The molecular weight excluding hydrogens is 463 g/mol. The van der Waals surface area contributed by atoms with Gasteiger partial charge < -0.3 is 19.4 Å². The molecule has 2 amide bonds. The van der Waals surface area contributed by atoms with Crippen molar-refractivity contribution in [3.8, 4) is 22.4 Å². The fraction of sp³-hybridized carbons (Fsp3) is 0.370. The molecule has 0 spiro atoms. The number of aromatic nitrogens is 2. The Bertz CT molecular complexity index is 1270. The SMILES string of the molecule is CCOC(=O)Nc1cc(-c2c(-c3ccc(F)cc3)c3c(n2CC2CCOCC2)CCNC3=O)ccn1. The molecule has 5 rings (SSSR count). The van der Waals surface area contributed by atoms with Crippen molar-refractivity contribution in [2.24, 2.45) is 5.92 Å². The number of carbonyl (C=O) groups is 2. The van der Waals surface area contributed by atoms with Crippen molar-refractivity contribution < 1.29 is 23.5 Å². The highest BCUT2D eigenvalue weighted by atomic mass is 19.1. The largest absolute Gasteiger partial charge is 0.450 e. The van der Waals surface area contributed by atoms with Crippen LogP contribution < -0.4 is 10.6 Å². The summed E-state index contributed by atoms with van der Waals surface area (Å²) in [6.07, 6.45) is 3.61. The summed E-state index contributed by atoms with van der Waals surface area (Å²) in [5, 5.41) is 5.64. The Balaban J connectivity index is 1.70.